The van der Waals surface area contributed by atoms with Crippen molar-refractivity contribution in [2.75, 3.05) is 0 Å². The lowest BCUT2D eigenvalue weighted by Crippen LogP contribution is -2.41. The van der Waals surface area contributed by atoms with Crippen LogP contribution in [0.2, 0.25) is 0 Å². The highest BCUT2D eigenvalue weighted by Gasteiger charge is 2.20. The van der Waals surface area contributed by atoms with Crippen molar-refractivity contribution in [2.24, 2.45) is 5.92 Å². The summed E-state index contributed by atoms with van der Waals surface area (Å²) in [5, 5.41) is 17.5. The number of carboxylic acids is 1. The Hall–Kier alpha value is -2.22. The van der Waals surface area contributed by atoms with Crippen molar-refractivity contribution in [1.29, 1.82) is 0 Å². The molecule has 0 aromatic carbocycles. The summed E-state index contributed by atoms with van der Waals surface area (Å²) in [5.74, 6) is -0.0634. The molecule has 2 aromatic rings. The van der Waals surface area contributed by atoms with E-state index in [1.807, 2.05) is 31.4 Å². The fraction of sp³-hybridized carbons (Fsp3) is 0.500. The Labute approximate surface area is 144 Å². The Balaban J connectivity index is 1.77. The molecule has 1 amide bonds. The Morgan fingerprint density at radius 3 is 2.83 bits per heavy atom. The molecule has 0 spiro atoms. The highest BCUT2D eigenvalue weighted by molar-refractivity contribution is 7.13. The number of carbonyl (C=O) groups excluding carboxylic acids is 1. The quantitative estimate of drug-likeness (QED) is 0.719. The van der Waals surface area contributed by atoms with E-state index in [0.717, 1.165) is 4.88 Å². The maximum atomic E-state index is 11.9. The van der Waals surface area contributed by atoms with Crippen LogP contribution in [0.5, 0.6) is 0 Å². The van der Waals surface area contributed by atoms with Gasteiger partial charge >= 0.3 is 5.97 Å². The Bertz CT molecular complexity index is 667. The van der Waals surface area contributed by atoms with Crippen molar-refractivity contribution < 1.29 is 19.2 Å². The number of carboxylic acid groups (broad SMARTS) is 1. The largest absolute Gasteiger partial charge is 0.480 e. The normalized spacial score (nSPS) is 12.3. The van der Waals surface area contributed by atoms with E-state index in [4.69, 9.17) is 9.63 Å². The summed E-state index contributed by atoms with van der Waals surface area (Å²) in [6, 6.07) is 2.98. The van der Waals surface area contributed by atoms with Crippen LogP contribution in [0, 0.1) is 5.92 Å². The molecule has 0 fully saturated rings. The lowest BCUT2D eigenvalue weighted by molar-refractivity contribution is -0.142. The molecule has 0 aliphatic carbocycles. The van der Waals surface area contributed by atoms with Crippen LogP contribution >= 0.6 is 11.3 Å². The zero-order valence-corrected chi connectivity index (χ0v) is 14.5. The van der Waals surface area contributed by atoms with Crippen LogP contribution in [-0.2, 0) is 16.0 Å². The molecule has 8 heteroatoms. The van der Waals surface area contributed by atoms with Gasteiger partial charge in [-0.25, -0.2) is 4.79 Å². The standard InChI is InChI=1S/C16H21N3O4S/c1-10(2)9-11(16(21)22)17-13(20)6-3-7-14-18-15(19-23-14)12-5-4-8-24-12/h4-5,8,10-11H,3,6-7,9H2,1-2H3,(H,17,20)(H,21,22)/t11-/m0/s1. The van der Waals surface area contributed by atoms with Gasteiger partial charge in [-0.15, -0.1) is 11.3 Å². The zero-order chi connectivity index (χ0) is 17.5. The molecule has 0 radical (unpaired) electrons. The van der Waals surface area contributed by atoms with Crippen molar-refractivity contribution in [3.63, 3.8) is 0 Å². The molecule has 0 aliphatic rings. The fourth-order valence-electron chi connectivity index (χ4n) is 2.22. The maximum Gasteiger partial charge on any atom is 0.326 e. The summed E-state index contributed by atoms with van der Waals surface area (Å²) >= 11 is 1.53. The molecule has 0 saturated carbocycles. The van der Waals surface area contributed by atoms with Crippen molar-refractivity contribution >= 4 is 23.2 Å². The second kappa shape index (κ2) is 8.58. The summed E-state index contributed by atoms with van der Waals surface area (Å²) in [6.45, 7) is 3.84. The summed E-state index contributed by atoms with van der Waals surface area (Å²) in [5.41, 5.74) is 0. The average Bonchev–Trinajstić information content (AvgIpc) is 3.16. The summed E-state index contributed by atoms with van der Waals surface area (Å²) in [6.07, 6.45) is 1.63. The van der Waals surface area contributed by atoms with Crippen LogP contribution in [0.25, 0.3) is 10.7 Å². The number of hydrogen-bond acceptors (Lipinski definition) is 6. The molecular weight excluding hydrogens is 330 g/mol. The van der Waals surface area contributed by atoms with Crippen molar-refractivity contribution in [2.45, 2.75) is 45.6 Å². The molecule has 7 nitrogen and oxygen atoms in total. The molecular formula is C16H21N3O4S. The third-order valence-electron chi connectivity index (χ3n) is 3.34. The van der Waals surface area contributed by atoms with E-state index in [-0.39, 0.29) is 18.2 Å². The van der Waals surface area contributed by atoms with Gasteiger partial charge in [-0.3, -0.25) is 4.79 Å². The second-order valence-electron chi connectivity index (χ2n) is 5.93. The minimum absolute atomic E-state index is 0.195. The lowest BCUT2D eigenvalue weighted by atomic mass is 10.0. The predicted molar refractivity (Wildman–Crippen MR) is 89.6 cm³/mol. The Morgan fingerprint density at radius 1 is 1.42 bits per heavy atom. The second-order valence-corrected chi connectivity index (χ2v) is 6.88. The van der Waals surface area contributed by atoms with Crippen LogP contribution in [-0.4, -0.2) is 33.2 Å². The van der Waals surface area contributed by atoms with Crippen LogP contribution in [0.15, 0.2) is 22.0 Å². The third kappa shape index (κ3) is 5.45. The Kier molecular flexibility index (Phi) is 6.48. The topological polar surface area (TPSA) is 105 Å². The van der Waals surface area contributed by atoms with Gasteiger partial charge in [-0.1, -0.05) is 25.1 Å². The molecule has 2 aromatic heterocycles. The number of nitrogens with zero attached hydrogens (tertiary/aromatic N) is 2. The maximum absolute atomic E-state index is 11.9. The van der Waals surface area contributed by atoms with Crippen LogP contribution < -0.4 is 5.32 Å². The van der Waals surface area contributed by atoms with Crippen molar-refractivity contribution in [1.82, 2.24) is 15.5 Å². The number of carbonyl (C=O) groups is 2. The summed E-state index contributed by atoms with van der Waals surface area (Å²) in [7, 11) is 0. The number of aryl methyl sites for hydroxylation is 1. The van der Waals surface area contributed by atoms with E-state index in [9.17, 15) is 9.59 Å². The molecule has 1 atom stereocenters. The van der Waals surface area contributed by atoms with Gasteiger partial charge in [0.25, 0.3) is 0 Å². The Morgan fingerprint density at radius 2 is 2.21 bits per heavy atom. The SMILES string of the molecule is CC(C)C[C@H](NC(=O)CCCc1nc(-c2cccs2)no1)C(=O)O. The van der Waals surface area contributed by atoms with E-state index >= 15 is 0 Å². The predicted octanol–water partition coefficient (Wildman–Crippen LogP) is 2.74. The molecule has 0 bridgehead atoms. The van der Waals surface area contributed by atoms with Gasteiger partial charge in [-0.2, -0.15) is 4.98 Å². The van der Waals surface area contributed by atoms with Crippen LogP contribution in [0.1, 0.15) is 39.0 Å². The molecule has 2 N–H and O–H groups in total. The molecule has 2 heterocycles. The number of aromatic nitrogens is 2. The van der Waals surface area contributed by atoms with Crippen molar-refractivity contribution in [3.05, 3.63) is 23.4 Å². The first kappa shape index (κ1) is 18.1. The van der Waals surface area contributed by atoms with E-state index in [0.29, 0.717) is 31.0 Å². The van der Waals surface area contributed by atoms with Crippen LogP contribution in [0.3, 0.4) is 0 Å². The number of nitrogens with one attached hydrogen (secondary N) is 1. The van der Waals surface area contributed by atoms with Gasteiger partial charge in [0.1, 0.15) is 6.04 Å². The number of aliphatic carboxylic acids is 1. The fourth-order valence-corrected chi connectivity index (χ4v) is 2.87. The third-order valence-corrected chi connectivity index (χ3v) is 4.21. The molecule has 0 saturated heterocycles. The van der Waals surface area contributed by atoms with Gasteiger partial charge in [0, 0.05) is 12.8 Å². The molecule has 130 valence electrons. The average molecular weight is 351 g/mol. The van der Waals surface area contributed by atoms with Gasteiger partial charge in [-0.05, 0) is 30.2 Å². The molecule has 2 rings (SSSR count). The number of amides is 1. The highest BCUT2D eigenvalue weighted by Crippen LogP contribution is 2.21. The number of rotatable bonds is 9. The molecule has 24 heavy (non-hydrogen) atoms. The van der Waals surface area contributed by atoms with Crippen LogP contribution in [0.4, 0.5) is 0 Å². The van der Waals surface area contributed by atoms with Gasteiger partial charge < -0.3 is 14.9 Å². The number of thiophene rings is 1. The van der Waals surface area contributed by atoms with E-state index in [1.54, 1.807) is 0 Å². The summed E-state index contributed by atoms with van der Waals surface area (Å²) in [4.78, 5) is 28.2. The van der Waals surface area contributed by atoms with E-state index in [1.165, 1.54) is 11.3 Å². The van der Waals surface area contributed by atoms with Gasteiger partial charge in [0.05, 0.1) is 4.88 Å². The highest BCUT2D eigenvalue weighted by atomic mass is 32.1. The monoisotopic (exact) mass is 351 g/mol. The van der Waals surface area contributed by atoms with E-state index in [2.05, 4.69) is 15.5 Å². The number of hydrogen-bond donors (Lipinski definition) is 2. The summed E-state index contributed by atoms with van der Waals surface area (Å²) < 4.78 is 5.16. The first-order valence-electron chi connectivity index (χ1n) is 7.84. The molecule has 0 aliphatic heterocycles. The first-order chi connectivity index (χ1) is 11.5. The van der Waals surface area contributed by atoms with Gasteiger partial charge in [0.2, 0.25) is 17.6 Å². The lowest BCUT2D eigenvalue weighted by Gasteiger charge is -2.16. The molecule has 0 unspecified atom stereocenters. The van der Waals surface area contributed by atoms with E-state index < -0.39 is 12.0 Å². The zero-order valence-electron chi connectivity index (χ0n) is 13.7. The smallest absolute Gasteiger partial charge is 0.326 e. The first-order valence-corrected chi connectivity index (χ1v) is 8.72. The van der Waals surface area contributed by atoms with Gasteiger partial charge in [0.15, 0.2) is 0 Å². The minimum atomic E-state index is -1.01. The van der Waals surface area contributed by atoms with Crippen molar-refractivity contribution in [3.8, 4) is 10.7 Å². The minimum Gasteiger partial charge on any atom is -0.480 e.